The van der Waals surface area contributed by atoms with Crippen LogP contribution in [0.2, 0.25) is 0 Å². The van der Waals surface area contributed by atoms with Crippen LogP contribution >= 0.6 is 0 Å². The van der Waals surface area contributed by atoms with Gasteiger partial charge in [-0.3, -0.25) is 0 Å². The highest BCUT2D eigenvalue weighted by molar-refractivity contribution is 7.90. The van der Waals surface area contributed by atoms with Crippen molar-refractivity contribution in [1.82, 2.24) is 5.32 Å². The van der Waals surface area contributed by atoms with Crippen LogP contribution in [0.15, 0.2) is 29.2 Å². The summed E-state index contributed by atoms with van der Waals surface area (Å²) in [5, 5.41) is 12.9. The summed E-state index contributed by atoms with van der Waals surface area (Å²) in [6.45, 7) is 4.58. The first kappa shape index (κ1) is 16.1. The number of aliphatic hydroxyl groups excluding tert-OH is 1. The maximum absolute atomic E-state index is 11.4. The molecule has 19 heavy (non-hydrogen) atoms. The van der Waals surface area contributed by atoms with Crippen LogP contribution in [0.1, 0.15) is 38.3 Å². The Bertz CT molecular complexity index is 482. The van der Waals surface area contributed by atoms with Crippen LogP contribution in [-0.2, 0) is 9.84 Å². The second-order valence-corrected chi connectivity index (χ2v) is 6.93. The summed E-state index contributed by atoms with van der Waals surface area (Å²) in [6.07, 6.45) is 2.61. The van der Waals surface area contributed by atoms with Crippen molar-refractivity contribution < 1.29 is 13.5 Å². The van der Waals surface area contributed by atoms with Gasteiger partial charge in [-0.1, -0.05) is 25.5 Å². The minimum atomic E-state index is -3.14. The number of sulfone groups is 1. The Morgan fingerprint density at radius 1 is 1.26 bits per heavy atom. The predicted octanol–water partition coefficient (Wildman–Crippen LogP) is 1.90. The number of benzene rings is 1. The molecule has 0 aromatic heterocycles. The van der Waals surface area contributed by atoms with E-state index in [1.807, 2.05) is 13.8 Å². The topological polar surface area (TPSA) is 66.4 Å². The van der Waals surface area contributed by atoms with Crippen LogP contribution in [-0.4, -0.2) is 32.4 Å². The van der Waals surface area contributed by atoms with Gasteiger partial charge in [0.15, 0.2) is 9.84 Å². The molecule has 5 heteroatoms. The lowest BCUT2D eigenvalue weighted by molar-refractivity contribution is 0.157. The number of rotatable bonds is 7. The highest BCUT2D eigenvalue weighted by Crippen LogP contribution is 2.16. The van der Waals surface area contributed by atoms with Gasteiger partial charge in [0, 0.05) is 18.8 Å². The lowest BCUT2D eigenvalue weighted by atomic mass is 10.1. The molecule has 1 aromatic carbocycles. The lowest BCUT2D eigenvalue weighted by Gasteiger charge is -2.17. The molecule has 108 valence electrons. The molecule has 0 spiro atoms. The largest absolute Gasteiger partial charge is 0.392 e. The Labute approximate surface area is 115 Å². The van der Waals surface area contributed by atoms with E-state index in [4.69, 9.17) is 0 Å². The summed E-state index contributed by atoms with van der Waals surface area (Å²) in [4.78, 5) is 0.328. The third kappa shape index (κ3) is 5.30. The molecule has 0 saturated heterocycles. The normalized spacial score (nSPS) is 15.2. The summed E-state index contributed by atoms with van der Waals surface area (Å²) in [7, 11) is -3.14. The molecule has 0 aliphatic rings. The molecule has 1 rings (SSSR count). The third-order valence-corrected chi connectivity index (χ3v) is 4.22. The first-order chi connectivity index (χ1) is 8.84. The van der Waals surface area contributed by atoms with E-state index < -0.39 is 9.84 Å². The fourth-order valence-corrected chi connectivity index (χ4v) is 2.50. The minimum absolute atomic E-state index is 0.0834. The molecule has 1 aromatic rings. The number of hydrogen-bond acceptors (Lipinski definition) is 4. The maximum Gasteiger partial charge on any atom is 0.175 e. The van der Waals surface area contributed by atoms with Crippen molar-refractivity contribution in [3.05, 3.63) is 29.8 Å². The summed E-state index contributed by atoms with van der Waals surface area (Å²) in [5.74, 6) is 0. The second-order valence-electron chi connectivity index (χ2n) is 4.91. The molecular formula is C14H23NO3S. The lowest BCUT2D eigenvalue weighted by Crippen LogP contribution is -2.28. The zero-order valence-electron chi connectivity index (χ0n) is 11.8. The number of nitrogens with one attached hydrogen (secondary N) is 1. The van der Waals surface area contributed by atoms with Crippen molar-refractivity contribution in [1.29, 1.82) is 0 Å². The number of aliphatic hydroxyl groups is 1. The zero-order chi connectivity index (χ0) is 14.5. The molecule has 4 nitrogen and oxygen atoms in total. The highest BCUT2D eigenvalue weighted by Gasteiger charge is 2.10. The van der Waals surface area contributed by atoms with E-state index in [1.54, 1.807) is 24.3 Å². The quantitative estimate of drug-likeness (QED) is 0.803. The van der Waals surface area contributed by atoms with Crippen molar-refractivity contribution in [2.75, 3.05) is 12.8 Å². The van der Waals surface area contributed by atoms with Crippen LogP contribution in [0.3, 0.4) is 0 Å². The van der Waals surface area contributed by atoms with Gasteiger partial charge in [-0.2, -0.15) is 0 Å². The van der Waals surface area contributed by atoms with Crippen LogP contribution in [0.25, 0.3) is 0 Å². The van der Waals surface area contributed by atoms with Gasteiger partial charge in [0.25, 0.3) is 0 Å². The summed E-state index contributed by atoms with van der Waals surface area (Å²) >= 11 is 0. The Morgan fingerprint density at radius 2 is 1.84 bits per heavy atom. The minimum Gasteiger partial charge on any atom is -0.392 e. The first-order valence-corrected chi connectivity index (χ1v) is 8.45. The fourth-order valence-electron chi connectivity index (χ4n) is 1.87. The smallest absolute Gasteiger partial charge is 0.175 e. The molecule has 0 fully saturated rings. The van der Waals surface area contributed by atoms with Gasteiger partial charge >= 0.3 is 0 Å². The molecular weight excluding hydrogens is 262 g/mol. The van der Waals surface area contributed by atoms with Crippen LogP contribution in [0.5, 0.6) is 0 Å². The molecule has 2 atom stereocenters. The van der Waals surface area contributed by atoms with Gasteiger partial charge in [-0.25, -0.2) is 8.42 Å². The summed E-state index contributed by atoms with van der Waals surface area (Å²) < 4.78 is 22.7. The van der Waals surface area contributed by atoms with Crippen LogP contribution in [0.4, 0.5) is 0 Å². The van der Waals surface area contributed by atoms with E-state index in [2.05, 4.69) is 5.32 Å². The molecule has 0 aliphatic heterocycles. The molecule has 0 bridgehead atoms. The van der Waals surface area contributed by atoms with Gasteiger partial charge in [-0.05, 0) is 31.0 Å². The summed E-state index contributed by atoms with van der Waals surface area (Å²) in [5.41, 5.74) is 1.01. The SMILES string of the molecule is CCCC(O)CNC(C)c1ccc(S(C)(=O)=O)cc1. The van der Waals surface area contributed by atoms with Gasteiger partial charge in [0.05, 0.1) is 11.0 Å². The zero-order valence-corrected chi connectivity index (χ0v) is 12.6. The van der Waals surface area contributed by atoms with Crippen molar-refractivity contribution in [3.63, 3.8) is 0 Å². The monoisotopic (exact) mass is 285 g/mol. The van der Waals surface area contributed by atoms with E-state index >= 15 is 0 Å². The third-order valence-electron chi connectivity index (χ3n) is 3.09. The Balaban J connectivity index is 2.61. The van der Waals surface area contributed by atoms with Crippen LogP contribution < -0.4 is 5.32 Å². The maximum atomic E-state index is 11.4. The molecule has 0 aliphatic carbocycles. The van der Waals surface area contributed by atoms with Gasteiger partial charge in [0.1, 0.15) is 0 Å². The molecule has 0 heterocycles. The van der Waals surface area contributed by atoms with E-state index in [1.165, 1.54) is 6.26 Å². The fraction of sp³-hybridized carbons (Fsp3) is 0.571. The molecule has 2 unspecified atom stereocenters. The highest BCUT2D eigenvalue weighted by atomic mass is 32.2. The van der Waals surface area contributed by atoms with Crippen molar-refractivity contribution in [2.45, 2.75) is 43.7 Å². The van der Waals surface area contributed by atoms with Crippen molar-refractivity contribution >= 4 is 9.84 Å². The number of hydrogen-bond donors (Lipinski definition) is 2. The Hall–Kier alpha value is -0.910. The van der Waals surface area contributed by atoms with Crippen molar-refractivity contribution in [2.24, 2.45) is 0 Å². The average molecular weight is 285 g/mol. The average Bonchev–Trinajstić information content (AvgIpc) is 2.35. The molecule has 0 amide bonds. The van der Waals surface area contributed by atoms with Gasteiger partial charge in [0.2, 0.25) is 0 Å². The van der Waals surface area contributed by atoms with E-state index in [9.17, 15) is 13.5 Å². The van der Waals surface area contributed by atoms with E-state index in [0.717, 1.165) is 18.4 Å². The van der Waals surface area contributed by atoms with Gasteiger partial charge in [-0.15, -0.1) is 0 Å². The standard InChI is InChI=1S/C14H23NO3S/c1-4-5-13(16)10-15-11(2)12-6-8-14(9-7-12)19(3,17)18/h6-9,11,13,15-16H,4-5,10H2,1-3H3. The Kier molecular flexibility index (Phi) is 5.97. The molecule has 2 N–H and O–H groups in total. The first-order valence-electron chi connectivity index (χ1n) is 6.56. The van der Waals surface area contributed by atoms with E-state index in [-0.39, 0.29) is 12.1 Å². The molecule has 0 saturated carbocycles. The predicted molar refractivity (Wildman–Crippen MR) is 76.9 cm³/mol. The van der Waals surface area contributed by atoms with Crippen molar-refractivity contribution in [3.8, 4) is 0 Å². The van der Waals surface area contributed by atoms with Gasteiger partial charge < -0.3 is 10.4 Å². The Morgan fingerprint density at radius 3 is 2.32 bits per heavy atom. The van der Waals surface area contributed by atoms with Crippen LogP contribution in [0, 0.1) is 0 Å². The summed E-state index contributed by atoms with van der Waals surface area (Å²) in [6, 6.07) is 6.93. The van der Waals surface area contributed by atoms with E-state index in [0.29, 0.717) is 11.4 Å². The molecule has 0 radical (unpaired) electrons. The second kappa shape index (κ2) is 7.03.